The maximum absolute atomic E-state index is 10.4. The topological polar surface area (TPSA) is 61.6 Å². The predicted octanol–water partition coefficient (Wildman–Crippen LogP) is 1.41. The van der Waals surface area contributed by atoms with Gasteiger partial charge < -0.3 is 15.2 Å². The minimum Gasteiger partial charge on any atom is -0.417 e. The van der Waals surface area contributed by atoms with Gasteiger partial charge in [0.05, 0.1) is 6.61 Å². The van der Waals surface area contributed by atoms with Crippen molar-refractivity contribution in [2.75, 3.05) is 6.61 Å². The molecule has 0 bridgehead atoms. The van der Waals surface area contributed by atoms with Crippen molar-refractivity contribution in [3.8, 4) is 0 Å². The van der Waals surface area contributed by atoms with Crippen LogP contribution in [0.2, 0.25) is 0 Å². The molecule has 0 aromatic heterocycles. The summed E-state index contributed by atoms with van der Waals surface area (Å²) in [6, 6.07) is 0. The second-order valence-corrected chi connectivity index (χ2v) is 2.51. The predicted molar refractivity (Wildman–Crippen MR) is 45.5 cm³/mol. The van der Waals surface area contributed by atoms with Crippen LogP contribution in [0.3, 0.4) is 0 Å². The number of carbonyl (C=O) groups excluding carboxylic acids is 1. The number of primary amides is 1. The molecule has 0 heterocycles. The summed E-state index contributed by atoms with van der Waals surface area (Å²) < 4.78 is 9.96. The molecule has 0 aliphatic heterocycles. The summed E-state index contributed by atoms with van der Waals surface area (Å²) in [4.78, 5) is 10.4. The highest BCUT2D eigenvalue weighted by Gasteiger charge is 2.25. The summed E-state index contributed by atoms with van der Waals surface area (Å²) in [6.45, 7) is 7.30. The van der Waals surface area contributed by atoms with Gasteiger partial charge in [0.1, 0.15) is 0 Å². The molecule has 0 aliphatic rings. The zero-order valence-corrected chi connectivity index (χ0v) is 7.50. The Morgan fingerprint density at radius 3 is 2.67 bits per heavy atom. The fourth-order valence-corrected chi connectivity index (χ4v) is 0.652. The Morgan fingerprint density at radius 2 is 2.33 bits per heavy atom. The number of rotatable bonds is 5. The van der Waals surface area contributed by atoms with Crippen molar-refractivity contribution in [2.24, 2.45) is 5.73 Å². The third-order valence-electron chi connectivity index (χ3n) is 1.47. The molecule has 1 unspecified atom stereocenters. The number of nitrogens with two attached hydrogens (primary N) is 1. The number of hydrogen-bond acceptors (Lipinski definition) is 3. The van der Waals surface area contributed by atoms with Crippen molar-refractivity contribution < 1.29 is 14.3 Å². The highest BCUT2D eigenvalue weighted by Crippen LogP contribution is 2.16. The van der Waals surface area contributed by atoms with E-state index < -0.39 is 11.9 Å². The van der Waals surface area contributed by atoms with Gasteiger partial charge in [-0.3, -0.25) is 0 Å². The maximum atomic E-state index is 10.4. The lowest BCUT2D eigenvalue weighted by atomic mass is 10.2. The molecule has 0 aromatic carbocycles. The Balaban J connectivity index is 4.03. The molecular formula is C8H15NO3. The second kappa shape index (κ2) is 4.77. The van der Waals surface area contributed by atoms with Crippen LogP contribution < -0.4 is 5.73 Å². The van der Waals surface area contributed by atoms with E-state index in [0.717, 1.165) is 0 Å². The number of amides is 1. The lowest BCUT2D eigenvalue weighted by Gasteiger charge is -2.26. The van der Waals surface area contributed by atoms with Gasteiger partial charge in [0.25, 0.3) is 0 Å². The van der Waals surface area contributed by atoms with E-state index in [1.165, 1.54) is 0 Å². The first kappa shape index (κ1) is 11.0. The Hall–Kier alpha value is -1.03. The van der Waals surface area contributed by atoms with E-state index in [-0.39, 0.29) is 0 Å². The molecule has 70 valence electrons. The van der Waals surface area contributed by atoms with Crippen LogP contribution in [0.15, 0.2) is 12.7 Å². The lowest BCUT2D eigenvalue weighted by Crippen LogP contribution is -2.36. The summed E-state index contributed by atoms with van der Waals surface area (Å²) in [5.74, 6) is -0.931. The van der Waals surface area contributed by atoms with Crippen LogP contribution in [0.1, 0.15) is 20.3 Å². The maximum Gasteiger partial charge on any atom is 0.407 e. The van der Waals surface area contributed by atoms with Gasteiger partial charge in [-0.25, -0.2) is 4.79 Å². The standard InChI is InChI=1S/C8H15NO3/c1-4-6-11-8(3,5-2)12-7(9)10/h4H,1,5-6H2,2-3H3,(H2,9,10). The SMILES string of the molecule is C=CCOC(C)(CC)OC(N)=O. The molecule has 0 rings (SSSR count). The zero-order valence-electron chi connectivity index (χ0n) is 7.50. The van der Waals surface area contributed by atoms with Gasteiger partial charge in [-0.2, -0.15) is 0 Å². The Kier molecular flexibility index (Phi) is 4.36. The Bertz CT molecular complexity index is 170. The van der Waals surface area contributed by atoms with Crippen LogP contribution in [0.5, 0.6) is 0 Å². The number of hydrogen-bond donors (Lipinski definition) is 1. The quantitative estimate of drug-likeness (QED) is 0.505. The van der Waals surface area contributed by atoms with E-state index in [1.807, 2.05) is 6.92 Å². The first-order valence-corrected chi connectivity index (χ1v) is 3.77. The number of ether oxygens (including phenoxy) is 2. The highest BCUT2D eigenvalue weighted by molar-refractivity contribution is 5.65. The molecule has 4 heteroatoms. The molecule has 4 nitrogen and oxygen atoms in total. The normalized spacial score (nSPS) is 14.8. The summed E-state index contributed by atoms with van der Waals surface area (Å²) in [5, 5.41) is 0. The first-order valence-electron chi connectivity index (χ1n) is 3.77. The van der Waals surface area contributed by atoms with Crippen LogP contribution >= 0.6 is 0 Å². The molecule has 2 N–H and O–H groups in total. The Labute approximate surface area is 72.3 Å². The molecule has 0 saturated carbocycles. The van der Waals surface area contributed by atoms with Crippen molar-refractivity contribution in [2.45, 2.75) is 26.1 Å². The van der Waals surface area contributed by atoms with Crippen LogP contribution in [-0.4, -0.2) is 18.5 Å². The fourth-order valence-electron chi connectivity index (χ4n) is 0.652. The van der Waals surface area contributed by atoms with Crippen LogP contribution in [0, 0.1) is 0 Å². The van der Waals surface area contributed by atoms with Gasteiger partial charge in [-0.1, -0.05) is 13.0 Å². The third-order valence-corrected chi connectivity index (χ3v) is 1.47. The van der Waals surface area contributed by atoms with Gasteiger partial charge in [0.2, 0.25) is 5.79 Å². The molecule has 0 fully saturated rings. The molecular weight excluding hydrogens is 158 g/mol. The fraction of sp³-hybridized carbons (Fsp3) is 0.625. The van der Waals surface area contributed by atoms with Gasteiger partial charge in [0.15, 0.2) is 0 Å². The van der Waals surface area contributed by atoms with Crippen molar-refractivity contribution in [3.63, 3.8) is 0 Å². The van der Waals surface area contributed by atoms with Crippen LogP contribution in [-0.2, 0) is 9.47 Å². The molecule has 0 aliphatic carbocycles. The van der Waals surface area contributed by atoms with Gasteiger partial charge in [0, 0.05) is 13.3 Å². The highest BCUT2D eigenvalue weighted by atomic mass is 16.7. The minimum absolute atomic E-state index is 0.331. The third kappa shape index (κ3) is 3.98. The van der Waals surface area contributed by atoms with Crippen molar-refractivity contribution in [1.29, 1.82) is 0 Å². The second-order valence-electron chi connectivity index (χ2n) is 2.51. The molecule has 0 aromatic rings. The molecule has 1 atom stereocenters. The van der Waals surface area contributed by atoms with E-state index in [2.05, 4.69) is 6.58 Å². The molecule has 1 amide bonds. The van der Waals surface area contributed by atoms with E-state index in [9.17, 15) is 4.79 Å². The van der Waals surface area contributed by atoms with Crippen LogP contribution in [0.4, 0.5) is 4.79 Å². The average molecular weight is 173 g/mol. The average Bonchev–Trinajstić information content (AvgIpc) is 2.00. The smallest absolute Gasteiger partial charge is 0.407 e. The largest absolute Gasteiger partial charge is 0.417 e. The monoisotopic (exact) mass is 173 g/mol. The van der Waals surface area contributed by atoms with Crippen molar-refractivity contribution in [3.05, 3.63) is 12.7 Å². The van der Waals surface area contributed by atoms with Gasteiger partial charge in [-0.05, 0) is 0 Å². The summed E-state index contributed by atoms with van der Waals surface area (Å²) in [5.41, 5.74) is 4.86. The molecule has 12 heavy (non-hydrogen) atoms. The lowest BCUT2D eigenvalue weighted by molar-refractivity contribution is -0.182. The number of carbonyl (C=O) groups is 1. The van der Waals surface area contributed by atoms with E-state index in [4.69, 9.17) is 15.2 Å². The minimum atomic E-state index is -0.931. The summed E-state index contributed by atoms with van der Waals surface area (Å²) in [7, 11) is 0. The van der Waals surface area contributed by atoms with E-state index in [0.29, 0.717) is 13.0 Å². The summed E-state index contributed by atoms with van der Waals surface area (Å²) >= 11 is 0. The Morgan fingerprint density at radius 1 is 1.75 bits per heavy atom. The van der Waals surface area contributed by atoms with Crippen molar-refractivity contribution >= 4 is 6.09 Å². The van der Waals surface area contributed by atoms with Gasteiger partial charge >= 0.3 is 6.09 Å². The molecule has 0 spiro atoms. The zero-order chi connectivity index (χ0) is 9.61. The molecule has 0 saturated heterocycles. The summed E-state index contributed by atoms with van der Waals surface area (Å²) in [6.07, 6.45) is 1.30. The van der Waals surface area contributed by atoms with E-state index in [1.54, 1.807) is 13.0 Å². The van der Waals surface area contributed by atoms with E-state index >= 15 is 0 Å². The molecule has 0 radical (unpaired) electrons. The van der Waals surface area contributed by atoms with Crippen LogP contribution in [0.25, 0.3) is 0 Å². The van der Waals surface area contributed by atoms with Crippen molar-refractivity contribution in [1.82, 2.24) is 0 Å². The van der Waals surface area contributed by atoms with Gasteiger partial charge in [-0.15, -0.1) is 6.58 Å². The first-order chi connectivity index (χ1) is 5.54.